The minimum atomic E-state index is 0.795. The van der Waals surface area contributed by atoms with Gasteiger partial charge in [0.25, 0.3) is 0 Å². The van der Waals surface area contributed by atoms with Crippen molar-refractivity contribution in [3.05, 3.63) is 21.8 Å². The zero-order valence-electron chi connectivity index (χ0n) is 4.63. The lowest BCUT2D eigenvalue weighted by molar-refractivity contribution is 1.45. The van der Waals surface area contributed by atoms with Crippen molar-refractivity contribution in [2.75, 3.05) is 5.73 Å². The van der Waals surface area contributed by atoms with Crippen molar-refractivity contribution >= 4 is 40.9 Å². The van der Waals surface area contributed by atoms with Gasteiger partial charge in [-0.15, -0.1) is 12.6 Å². The lowest BCUT2D eigenvalue weighted by Gasteiger charge is -1.96. The number of nitrogen functional groups attached to an aromatic ring is 1. The van der Waals surface area contributed by atoms with Gasteiger partial charge in [-0.25, -0.2) is 0 Å². The summed E-state index contributed by atoms with van der Waals surface area (Å²) in [6.45, 7) is 0. The Morgan fingerprint density at radius 3 is 2.56 bits per heavy atom. The Balaban J connectivity index is 3.17. The molecule has 0 saturated heterocycles. The normalized spacial score (nSPS) is 9.56. The highest BCUT2D eigenvalue weighted by Crippen LogP contribution is 2.17. The first kappa shape index (κ1) is 7.21. The number of anilines is 1. The summed E-state index contributed by atoms with van der Waals surface area (Å²) in [6.07, 6.45) is 0. The molecule has 1 rings (SSSR count). The van der Waals surface area contributed by atoms with Gasteiger partial charge < -0.3 is 5.73 Å². The highest BCUT2D eigenvalue weighted by atomic mass is 127. The zero-order chi connectivity index (χ0) is 6.85. The zero-order valence-corrected chi connectivity index (χ0v) is 7.69. The first-order chi connectivity index (χ1) is 4.20. The maximum absolute atomic E-state index is 5.56. The predicted octanol–water partition coefficient (Wildman–Crippen LogP) is 2.16. The van der Waals surface area contributed by atoms with E-state index in [1.807, 2.05) is 18.2 Å². The minimum Gasteiger partial charge on any atom is -0.398 e. The Morgan fingerprint density at radius 1 is 1.44 bits per heavy atom. The number of rotatable bonds is 0. The van der Waals surface area contributed by atoms with Crippen LogP contribution in [0.3, 0.4) is 0 Å². The first-order valence-electron chi connectivity index (χ1n) is 2.44. The summed E-state index contributed by atoms with van der Waals surface area (Å²) in [5, 5.41) is 0. The molecule has 0 aliphatic heterocycles. The Kier molecular flexibility index (Phi) is 2.23. The van der Waals surface area contributed by atoms with E-state index in [-0.39, 0.29) is 0 Å². The molecule has 0 aliphatic rings. The number of hydrogen-bond donors (Lipinski definition) is 2. The number of benzene rings is 1. The number of thiol groups is 1. The fraction of sp³-hybridized carbons (Fsp3) is 0. The molecule has 0 spiro atoms. The molecule has 0 bridgehead atoms. The third-order valence-electron chi connectivity index (χ3n) is 0.980. The van der Waals surface area contributed by atoms with Gasteiger partial charge >= 0.3 is 0 Å². The molecule has 48 valence electrons. The second-order valence-corrected chi connectivity index (χ2v) is 3.38. The number of halogens is 1. The van der Waals surface area contributed by atoms with Crippen molar-refractivity contribution in [3.8, 4) is 0 Å². The molecule has 1 nitrogen and oxygen atoms in total. The molecule has 0 aliphatic carbocycles. The molecule has 9 heavy (non-hydrogen) atoms. The van der Waals surface area contributed by atoms with Crippen LogP contribution in [0.15, 0.2) is 23.1 Å². The van der Waals surface area contributed by atoms with E-state index in [1.54, 1.807) is 0 Å². The van der Waals surface area contributed by atoms with Gasteiger partial charge in [-0.05, 0) is 40.8 Å². The van der Waals surface area contributed by atoms with E-state index >= 15 is 0 Å². The Labute approximate surface area is 73.2 Å². The van der Waals surface area contributed by atoms with Gasteiger partial charge in [-0.2, -0.15) is 0 Å². The van der Waals surface area contributed by atoms with E-state index in [0.717, 1.165) is 14.2 Å². The molecule has 0 amide bonds. The van der Waals surface area contributed by atoms with Crippen LogP contribution in [0.5, 0.6) is 0 Å². The molecule has 2 N–H and O–H groups in total. The number of nitrogens with two attached hydrogens (primary N) is 1. The third-order valence-corrected chi connectivity index (χ3v) is 2.24. The topological polar surface area (TPSA) is 26.0 Å². The second kappa shape index (κ2) is 2.79. The van der Waals surface area contributed by atoms with Crippen molar-refractivity contribution in [1.29, 1.82) is 0 Å². The molecule has 0 radical (unpaired) electrons. The second-order valence-electron chi connectivity index (χ2n) is 1.71. The Bertz CT molecular complexity index is 224. The molecule has 0 fully saturated rings. The smallest absolute Gasteiger partial charge is 0.0460 e. The predicted molar refractivity (Wildman–Crippen MR) is 50.8 cm³/mol. The summed E-state index contributed by atoms with van der Waals surface area (Å²) in [4.78, 5) is 0.910. The Hall–Kier alpha value is 0.1000. The van der Waals surface area contributed by atoms with Crippen LogP contribution in [0, 0.1) is 3.57 Å². The average molecular weight is 251 g/mol. The van der Waals surface area contributed by atoms with E-state index < -0.39 is 0 Å². The van der Waals surface area contributed by atoms with Crippen molar-refractivity contribution in [1.82, 2.24) is 0 Å². The van der Waals surface area contributed by atoms with Gasteiger partial charge in [0, 0.05) is 14.2 Å². The van der Waals surface area contributed by atoms with Crippen LogP contribution >= 0.6 is 35.2 Å². The summed E-state index contributed by atoms with van der Waals surface area (Å²) >= 11 is 6.30. The highest BCUT2D eigenvalue weighted by molar-refractivity contribution is 14.1. The van der Waals surface area contributed by atoms with E-state index in [1.165, 1.54) is 0 Å². The largest absolute Gasteiger partial charge is 0.398 e. The van der Waals surface area contributed by atoms with E-state index in [9.17, 15) is 0 Å². The molecule has 1 aromatic carbocycles. The quantitative estimate of drug-likeness (QED) is 0.412. The maximum Gasteiger partial charge on any atom is 0.0460 e. The summed E-state index contributed by atoms with van der Waals surface area (Å²) in [6, 6.07) is 5.70. The van der Waals surface area contributed by atoms with Gasteiger partial charge in [0.05, 0.1) is 0 Å². The molecule has 0 aromatic heterocycles. The van der Waals surface area contributed by atoms with Crippen LogP contribution in [0.1, 0.15) is 0 Å². The lowest BCUT2D eigenvalue weighted by atomic mass is 10.3. The summed E-state index contributed by atoms with van der Waals surface area (Å²) in [5.74, 6) is 0. The molecular formula is C6H6INS. The summed E-state index contributed by atoms with van der Waals surface area (Å²) < 4.78 is 1.07. The number of hydrogen-bond acceptors (Lipinski definition) is 2. The van der Waals surface area contributed by atoms with Gasteiger partial charge in [-0.1, -0.05) is 0 Å². The standard InChI is InChI=1S/C6H6INS/c7-5-2-1-4(9)3-6(5)8/h1-3,9H,8H2. The highest BCUT2D eigenvalue weighted by Gasteiger charge is 1.92. The molecule has 0 atom stereocenters. The van der Waals surface area contributed by atoms with Gasteiger partial charge in [0.15, 0.2) is 0 Å². The molecule has 0 unspecified atom stereocenters. The first-order valence-corrected chi connectivity index (χ1v) is 3.97. The van der Waals surface area contributed by atoms with Crippen LogP contribution < -0.4 is 5.73 Å². The van der Waals surface area contributed by atoms with Crippen LogP contribution in [0.4, 0.5) is 5.69 Å². The monoisotopic (exact) mass is 251 g/mol. The average Bonchev–Trinajstić information content (AvgIpc) is 1.80. The molecular weight excluding hydrogens is 245 g/mol. The lowest BCUT2D eigenvalue weighted by Crippen LogP contribution is -1.87. The fourth-order valence-electron chi connectivity index (χ4n) is 0.531. The van der Waals surface area contributed by atoms with Crippen molar-refractivity contribution in [3.63, 3.8) is 0 Å². The van der Waals surface area contributed by atoms with E-state index in [0.29, 0.717) is 0 Å². The van der Waals surface area contributed by atoms with E-state index in [2.05, 4.69) is 35.2 Å². The van der Waals surface area contributed by atoms with Crippen molar-refractivity contribution < 1.29 is 0 Å². The van der Waals surface area contributed by atoms with Crippen LogP contribution in [0.25, 0.3) is 0 Å². The third kappa shape index (κ3) is 1.76. The van der Waals surface area contributed by atoms with Crippen molar-refractivity contribution in [2.24, 2.45) is 0 Å². The van der Waals surface area contributed by atoms with Gasteiger partial charge in [0.1, 0.15) is 0 Å². The maximum atomic E-state index is 5.56. The van der Waals surface area contributed by atoms with Crippen LogP contribution in [-0.4, -0.2) is 0 Å². The fourth-order valence-corrected chi connectivity index (χ4v) is 1.08. The van der Waals surface area contributed by atoms with Crippen molar-refractivity contribution in [2.45, 2.75) is 4.90 Å². The molecule has 1 aromatic rings. The summed E-state index contributed by atoms with van der Waals surface area (Å²) in [5.41, 5.74) is 6.36. The van der Waals surface area contributed by atoms with Crippen LogP contribution in [0.2, 0.25) is 0 Å². The minimum absolute atomic E-state index is 0.795. The van der Waals surface area contributed by atoms with Gasteiger partial charge in [-0.3, -0.25) is 0 Å². The van der Waals surface area contributed by atoms with E-state index in [4.69, 9.17) is 5.73 Å². The van der Waals surface area contributed by atoms with Crippen LogP contribution in [-0.2, 0) is 0 Å². The van der Waals surface area contributed by atoms with Gasteiger partial charge in [0.2, 0.25) is 0 Å². The Morgan fingerprint density at radius 2 is 2.11 bits per heavy atom. The SMILES string of the molecule is Nc1cc(S)ccc1I. The molecule has 0 saturated carbocycles. The molecule has 3 heteroatoms. The summed E-state index contributed by atoms with van der Waals surface area (Å²) in [7, 11) is 0. The molecule has 0 heterocycles.